The third-order valence-electron chi connectivity index (χ3n) is 7.52. The van der Waals surface area contributed by atoms with Gasteiger partial charge in [0.2, 0.25) is 17.7 Å². The number of thioether (sulfide) groups is 1. The molecular weight excluding hydrogens is 542 g/mol. The van der Waals surface area contributed by atoms with Gasteiger partial charge in [0.15, 0.2) is 0 Å². The van der Waals surface area contributed by atoms with Crippen LogP contribution in [-0.2, 0) is 27.5 Å². The third kappa shape index (κ3) is 4.46. The van der Waals surface area contributed by atoms with Crippen LogP contribution in [0.5, 0.6) is 0 Å². The van der Waals surface area contributed by atoms with E-state index in [1.165, 1.54) is 0 Å². The average molecular weight is 573 g/mol. The van der Waals surface area contributed by atoms with Crippen LogP contribution in [0.3, 0.4) is 0 Å². The monoisotopic (exact) mass is 571 g/mol. The highest BCUT2D eigenvalue weighted by Crippen LogP contribution is 2.67. The highest BCUT2D eigenvalue weighted by atomic mass is 79.9. The molecule has 0 aliphatic carbocycles. The van der Waals surface area contributed by atoms with Crippen LogP contribution in [0.15, 0.2) is 60.7 Å². The summed E-state index contributed by atoms with van der Waals surface area (Å²) in [5, 5.41) is 15.5. The summed E-state index contributed by atoms with van der Waals surface area (Å²) in [6, 6.07) is 18.7. The van der Waals surface area contributed by atoms with E-state index in [2.05, 4.69) is 26.6 Å². The number of amides is 3. The second kappa shape index (κ2) is 10.6. The maximum atomic E-state index is 13.8. The zero-order chi connectivity index (χ0) is 25.3. The number of hydrogen-bond acceptors (Lipinski definition) is 5. The van der Waals surface area contributed by atoms with Crippen molar-refractivity contribution in [2.24, 2.45) is 11.8 Å². The van der Waals surface area contributed by atoms with Crippen LogP contribution in [-0.4, -0.2) is 61.7 Å². The summed E-state index contributed by atoms with van der Waals surface area (Å²) in [7, 11) is 0. The molecule has 3 saturated heterocycles. The van der Waals surface area contributed by atoms with Crippen molar-refractivity contribution in [2.75, 3.05) is 13.2 Å². The molecule has 6 atom stereocenters. The number of carbonyl (C=O) groups is 3. The Morgan fingerprint density at radius 3 is 2.17 bits per heavy atom. The zero-order valence-electron chi connectivity index (χ0n) is 19.8. The lowest BCUT2D eigenvalue weighted by atomic mass is 9.70. The molecule has 3 fully saturated rings. The fraction of sp³-hybridized carbons (Fsp3) is 0.444. The van der Waals surface area contributed by atoms with Gasteiger partial charge in [-0.1, -0.05) is 76.6 Å². The van der Waals surface area contributed by atoms with Gasteiger partial charge < -0.3 is 20.6 Å². The van der Waals surface area contributed by atoms with E-state index in [4.69, 9.17) is 0 Å². The molecular formula is C27H30BrN3O4S. The van der Waals surface area contributed by atoms with Crippen LogP contribution in [0.4, 0.5) is 0 Å². The molecule has 0 saturated carbocycles. The summed E-state index contributed by atoms with van der Waals surface area (Å²) in [6.07, 6.45) is 1.02. The van der Waals surface area contributed by atoms with E-state index in [1.807, 2.05) is 60.7 Å². The van der Waals surface area contributed by atoms with Crippen LogP contribution >= 0.6 is 27.7 Å². The van der Waals surface area contributed by atoms with Crippen LogP contribution in [0.25, 0.3) is 0 Å². The molecule has 3 N–H and O–H groups in total. The largest absolute Gasteiger partial charge is 0.396 e. The molecule has 190 valence electrons. The molecule has 9 heteroatoms. The molecule has 3 heterocycles. The van der Waals surface area contributed by atoms with Gasteiger partial charge in [-0.3, -0.25) is 14.4 Å². The number of carbonyl (C=O) groups excluding carboxylic acids is 3. The number of rotatable bonds is 9. The predicted molar refractivity (Wildman–Crippen MR) is 142 cm³/mol. The van der Waals surface area contributed by atoms with Crippen molar-refractivity contribution in [3.8, 4) is 0 Å². The summed E-state index contributed by atoms with van der Waals surface area (Å²) in [4.78, 5) is 42.6. The van der Waals surface area contributed by atoms with Gasteiger partial charge in [0.25, 0.3) is 0 Å². The molecule has 7 nitrogen and oxygen atoms in total. The first kappa shape index (κ1) is 25.3. The molecule has 3 aliphatic heterocycles. The van der Waals surface area contributed by atoms with E-state index < -0.39 is 22.6 Å². The van der Waals surface area contributed by atoms with Crippen molar-refractivity contribution >= 4 is 45.4 Å². The van der Waals surface area contributed by atoms with Crippen LogP contribution in [0.1, 0.15) is 24.0 Å². The first-order chi connectivity index (χ1) is 17.5. The predicted octanol–water partition coefficient (Wildman–Crippen LogP) is 2.47. The molecule has 2 aromatic rings. The molecule has 3 unspecified atom stereocenters. The Morgan fingerprint density at radius 2 is 1.58 bits per heavy atom. The number of benzene rings is 2. The van der Waals surface area contributed by atoms with Crippen molar-refractivity contribution in [2.45, 2.75) is 46.8 Å². The average Bonchev–Trinajstić information content (AvgIpc) is 3.49. The summed E-state index contributed by atoms with van der Waals surface area (Å²) in [5.41, 5.74) is 1.97. The van der Waals surface area contributed by atoms with Gasteiger partial charge in [-0.25, -0.2) is 0 Å². The van der Waals surface area contributed by atoms with Gasteiger partial charge in [-0.2, -0.15) is 0 Å². The zero-order valence-corrected chi connectivity index (χ0v) is 22.2. The molecule has 5 rings (SSSR count). The van der Waals surface area contributed by atoms with Gasteiger partial charge in [0.05, 0.1) is 16.6 Å². The SMILES string of the molecule is O=C(NCc1ccccc1)C1N(CCCO)C(=O)[C@@H]2[C@@H](C(=O)NCc3ccccc3)[C@@H]3SC12CC3Br. The molecule has 3 aliphatic rings. The minimum Gasteiger partial charge on any atom is -0.396 e. The molecule has 0 aromatic heterocycles. The Morgan fingerprint density at radius 1 is 1.00 bits per heavy atom. The Hall–Kier alpha value is -2.36. The number of likely N-dealkylation sites (tertiary alicyclic amines) is 1. The van der Waals surface area contributed by atoms with Gasteiger partial charge in [-0.05, 0) is 24.0 Å². The van der Waals surface area contributed by atoms with E-state index >= 15 is 0 Å². The Kier molecular flexibility index (Phi) is 7.42. The first-order valence-electron chi connectivity index (χ1n) is 12.3. The second-order valence-corrected chi connectivity index (χ2v) is 12.4. The number of nitrogens with zero attached hydrogens (tertiary/aromatic N) is 1. The van der Waals surface area contributed by atoms with E-state index in [0.29, 0.717) is 25.9 Å². The van der Waals surface area contributed by atoms with E-state index in [9.17, 15) is 19.5 Å². The summed E-state index contributed by atoms with van der Waals surface area (Å²) in [6.45, 7) is 0.973. The van der Waals surface area contributed by atoms with Crippen LogP contribution in [0.2, 0.25) is 0 Å². The first-order valence-corrected chi connectivity index (χ1v) is 14.1. The highest BCUT2D eigenvalue weighted by Gasteiger charge is 2.75. The molecule has 2 aromatic carbocycles. The molecule has 3 amide bonds. The van der Waals surface area contributed by atoms with Gasteiger partial charge in [0.1, 0.15) is 6.04 Å². The smallest absolute Gasteiger partial charge is 0.244 e. The molecule has 1 spiro atoms. The number of aliphatic hydroxyl groups excluding tert-OH is 1. The van der Waals surface area contributed by atoms with Crippen molar-refractivity contribution in [3.05, 3.63) is 71.8 Å². The van der Waals surface area contributed by atoms with Crippen LogP contribution < -0.4 is 10.6 Å². The van der Waals surface area contributed by atoms with Crippen LogP contribution in [0, 0.1) is 11.8 Å². The number of fused-ring (bicyclic) bond motifs is 1. The standard InChI is InChI=1S/C27H30BrN3O4S/c28-19-14-27-21(20(22(19)36-27)24(33)29-15-17-8-3-1-4-9-17)26(35)31(12-7-13-32)23(27)25(34)30-16-18-10-5-2-6-11-18/h1-6,8-11,19-23,32H,7,12-16H2,(H,29,33)(H,30,34)/t19?,20-,21+,22-,23?,27?/m1/s1. The fourth-order valence-corrected chi connectivity index (χ4v) is 9.61. The van der Waals surface area contributed by atoms with E-state index in [1.54, 1.807) is 16.7 Å². The fourth-order valence-electron chi connectivity index (χ4n) is 6.00. The number of nitrogens with one attached hydrogen (secondary N) is 2. The minimum absolute atomic E-state index is 0.0289. The Labute approximate surface area is 223 Å². The van der Waals surface area contributed by atoms with Crippen molar-refractivity contribution in [1.82, 2.24) is 15.5 Å². The van der Waals surface area contributed by atoms with Crippen molar-refractivity contribution < 1.29 is 19.5 Å². The number of hydrogen-bond donors (Lipinski definition) is 3. The molecule has 2 bridgehead atoms. The normalized spacial score (nSPS) is 30.3. The van der Waals surface area contributed by atoms with Crippen molar-refractivity contribution in [1.29, 1.82) is 0 Å². The quantitative estimate of drug-likeness (QED) is 0.402. The third-order valence-corrected chi connectivity index (χ3v) is 10.7. The lowest BCUT2D eigenvalue weighted by Gasteiger charge is -2.35. The van der Waals surface area contributed by atoms with Crippen molar-refractivity contribution in [3.63, 3.8) is 0 Å². The lowest BCUT2D eigenvalue weighted by Crippen LogP contribution is -2.54. The molecule has 36 heavy (non-hydrogen) atoms. The van der Waals surface area contributed by atoms with Gasteiger partial charge in [-0.15, -0.1) is 11.8 Å². The highest BCUT2D eigenvalue weighted by molar-refractivity contribution is 9.09. The second-order valence-electron chi connectivity index (χ2n) is 9.68. The van der Waals surface area contributed by atoms with Gasteiger partial charge in [0, 0.05) is 36.3 Å². The number of aliphatic hydroxyl groups is 1. The topological polar surface area (TPSA) is 98.7 Å². The maximum Gasteiger partial charge on any atom is 0.244 e. The lowest BCUT2D eigenvalue weighted by molar-refractivity contribution is -0.140. The summed E-state index contributed by atoms with van der Waals surface area (Å²) < 4.78 is -0.680. The molecule has 0 radical (unpaired) electrons. The summed E-state index contributed by atoms with van der Waals surface area (Å²) in [5.74, 6) is -1.59. The van der Waals surface area contributed by atoms with Gasteiger partial charge >= 0.3 is 0 Å². The summed E-state index contributed by atoms with van der Waals surface area (Å²) >= 11 is 5.40. The van der Waals surface area contributed by atoms with E-state index in [-0.39, 0.29) is 41.0 Å². The minimum atomic E-state index is -0.688. The maximum absolute atomic E-state index is 13.8. The Bertz CT molecular complexity index is 1120. The Balaban J connectivity index is 1.40. The number of alkyl halides is 1. The van der Waals surface area contributed by atoms with E-state index in [0.717, 1.165) is 11.1 Å². The number of halogens is 1.